The molecule has 0 N–H and O–H groups in total. The van der Waals surface area contributed by atoms with Crippen molar-refractivity contribution in [2.45, 2.75) is 33.2 Å². The number of amides is 1. The van der Waals surface area contributed by atoms with Crippen molar-refractivity contribution >= 4 is 5.91 Å². The fraction of sp³-hybridized carbons (Fsp3) is 0.500. The zero-order chi connectivity index (χ0) is 18.4. The topological polar surface area (TPSA) is 56.6 Å². The van der Waals surface area contributed by atoms with Gasteiger partial charge in [0.15, 0.2) is 6.61 Å². The number of carbonyl (C=O) groups excluding carboxylic acids is 1. The van der Waals surface area contributed by atoms with Crippen molar-refractivity contribution in [1.82, 2.24) is 14.5 Å². The van der Waals surface area contributed by atoms with Crippen molar-refractivity contribution in [3.05, 3.63) is 42.5 Å². The Balaban J connectivity index is 1.41. The monoisotopic (exact) mass is 357 g/mol. The fourth-order valence-electron chi connectivity index (χ4n) is 3.27. The van der Waals surface area contributed by atoms with Crippen LogP contribution in [0.1, 0.15) is 25.6 Å². The molecule has 2 heterocycles. The summed E-state index contributed by atoms with van der Waals surface area (Å²) >= 11 is 0. The first-order valence-corrected chi connectivity index (χ1v) is 9.27. The fourth-order valence-corrected chi connectivity index (χ4v) is 3.27. The Morgan fingerprint density at radius 2 is 1.81 bits per heavy atom. The van der Waals surface area contributed by atoms with Crippen molar-refractivity contribution in [2.24, 2.45) is 5.92 Å². The lowest BCUT2D eigenvalue weighted by molar-refractivity contribution is -0.134. The van der Waals surface area contributed by atoms with Crippen LogP contribution >= 0.6 is 0 Å². The van der Waals surface area contributed by atoms with Crippen LogP contribution in [0.5, 0.6) is 11.5 Å². The molecule has 0 aliphatic carbocycles. The summed E-state index contributed by atoms with van der Waals surface area (Å²) in [6.45, 7) is 7.26. The van der Waals surface area contributed by atoms with E-state index >= 15 is 0 Å². The van der Waals surface area contributed by atoms with E-state index < -0.39 is 0 Å². The molecule has 6 nitrogen and oxygen atoms in total. The Bertz CT molecular complexity index is 703. The maximum Gasteiger partial charge on any atom is 0.260 e. The number of carbonyl (C=O) groups is 1. The predicted molar refractivity (Wildman–Crippen MR) is 99.4 cm³/mol. The van der Waals surface area contributed by atoms with Gasteiger partial charge in [-0.1, -0.05) is 0 Å². The highest BCUT2D eigenvalue weighted by molar-refractivity contribution is 5.77. The van der Waals surface area contributed by atoms with Crippen LogP contribution in [0.2, 0.25) is 0 Å². The SMILES string of the molecule is CCOc1ccc(OCC(=O)N2CCC(Cn3ccnc3C)CC2)cc1. The molecule has 0 spiro atoms. The van der Waals surface area contributed by atoms with Crippen molar-refractivity contribution in [2.75, 3.05) is 26.3 Å². The molecule has 1 aromatic heterocycles. The van der Waals surface area contributed by atoms with Crippen molar-refractivity contribution < 1.29 is 14.3 Å². The molecule has 1 amide bonds. The highest BCUT2D eigenvalue weighted by atomic mass is 16.5. The number of likely N-dealkylation sites (tertiary alicyclic amines) is 1. The molecule has 0 unspecified atom stereocenters. The Kier molecular flexibility index (Phi) is 6.15. The summed E-state index contributed by atoms with van der Waals surface area (Å²) in [6.07, 6.45) is 5.91. The lowest BCUT2D eigenvalue weighted by Crippen LogP contribution is -2.41. The number of hydrogen-bond donors (Lipinski definition) is 0. The average Bonchev–Trinajstić information content (AvgIpc) is 3.06. The second-order valence-electron chi connectivity index (χ2n) is 6.64. The molecule has 1 saturated heterocycles. The van der Waals surface area contributed by atoms with Crippen LogP contribution in [0.3, 0.4) is 0 Å². The first-order valence-electron chi connectivity index (χ1n) is 9.27. The zero-order valence-electron chi connectivity index (χ0n) is 15.6. The van der Waals surface area contributed by atoms with E-state index in [1.165, 1.54) is 0 Å². The molecular formula is C20H27N3O3. The van der Waals surface area contributed by atoms with Gasteiger partial charge in [0.05, 0.1) is 6.61 Å². The number of aryl methyl sites for hydroxylation is 1. The number of hydrogen-bond acceptors (Lipinski definition) is 4. The van der Waals surface area contributed by atoms with Gasteiger partial charge < -0.3 is 18.9 Å². The van der Waals surface area contributed by atoms with Crippen molar-refractivity contribution in [3.8, 4) is 11.5 Å². The average molecular weight is 357 g/mol. The molecule has 26 heavy (non-hydrogen) atoms. The summed E-state index contributed by atoms with van der Waals surface area (Å²) in [4.78, 5) is 18.6. The third-order valence-electron chi connectivity index (χ3n) is 4.84. The predicted octanol–water partition coefficient (Wildman–Crippen LogP) is 2.91. The zero-order valence-corrected chi connectivity index (χ0v) is 15.6. The van der Waals surface area contributed by atoms with E-state index in [0.717, 1.165) is 44.0 Å². The van der Waals surface area contributed by atoms with Gasteiger partial charge in [0.2, 0.25) is 0 Å². The van der Waals surface area contributed by atoms with E-state index in [9.17, 15) is 4.79 Å². The van der Waals surface area contributed by atoms with Gasteiger partial charge in [-0.05, 0) is 56.9 Å². The number of rotatable bonds is 7. The van der Waals surface area contributed by atoms with Crippen LogP contribution in [-0.2, 0) is 11.3 Å². The first-order chi connectivity index (χ1) is 12.7. The molecule has 0 radical (unpaired) electrons. The molecular weight excluding hydrogens is 330 g/mol. The first kappa shape index (κ1) is 18.3. The number of benzene rings is 1. The smallest absolute Gasteiger partial charge is 0.260 e. The second kappa shape index (κ2) is 8.74. The molecule has 0 saturated carbocycles. The third kappa shape index (κ3) is 4.77. The van der Waals surface area contributed by atoms with Gasteiger partial charge in [0.1, 0.15) is 17.3 Å². The van der Waals surface area contributed by atoms with Gasteiger partial charge in [-0.15, -0.1) is 0 Å². The third-order valence-corrected chi connectivity index (χ3v) is 4.84. The largest absolute Gasteiger partial charge is 0.494 e. The molecule has 1 aliphatic rings. The molecule has 3 rings (SSSR count). The number of aromatic nitrogens is 2. The molecule has 0 bridgehead atoms. The van der Waals surface area contributed by atoms with Gasteiger partial charge in [-0.25, -0.2) is 4.98 Å². The number of imidazole rings is 1. The lowest BCUT2D eigenvalue weighted by Gasteiger charge is -2.32. The number of piperidine rings is 1. The van der Waals surface area contributed by atoms with E-state index in [0.29, 0.717) is 18.3 Å². The number of ether oxygens (including phenoxy) is 2. The van der Waals surface area contributed by atoms with Crippen molar-refractivity contribution in [1.29, 1.82) is 0 Å². The molecule has 0 atom stereocenters. The summed E-state index contributed by atoms with van der Waals surface area (Å²) in [6, 6.07) is 7.37. The molecule has 2 aromatic rings. The van der Waals surface area contributed by atoms with E-state index in [1.54, 1.807) is 0 Å². The summed E-state index contributed by atoms with van der Waals surface area (Å²) in [7, 11) is 0. The Labute approximate surface area is 154 Å². The molecule has 1 aliphatic heterocycles. The second-order valence-corrected chi connectivity index (χ2v) is 6.64. The van der Waals surface area contributed by atoms with Gasteiger partial charge in [-0.2, -0.15) is 0 Å². The van der Waals surface area contributed by atoms with Gasteiger partial charge in [0, 0.05) is 32.0 Å². The number of nitrogens with zero attached hydrogens (tertiary/aromatic N) is 3. The van der Waals surface area contributed by atoms with E-state index in [2.05, 4.69) is 9.55 Å². The summed E-state index contributed by atoms with van der Waals surface area (Å²) in [5, 5.41) is 0. The van der Waals surface area contributed by atoms with E-state index in [1.807, 2.05) is 55.4 Å². The molecule has 140 valence electrons. The highest BCUT2D eigenvalue weighted by Crippen LogP contribution is 2.21. The lowest BCUT2D eigenvalue weighted by atomic mass is 9.96. The normalized spacial score (nSPS) is 15.1. The van der Waals surface area contributed by atoms with Crippen LogP contribution in [0.25, 0.3) is 0 Å². The summed E-state index contributed by atoms with van der Waals surface area (Å²) in [5.41, 5.74) is 0. The minimum Gasteiger partial charge on any atom is -0.494 e. The molecule has 6 heteroatoms. The summed E-state index contributed by atoms with van der Waals surface area (Å²) in [5.74, 6) is 3.19. The Hall–Kier alpha value is -2.50. The van der Waals surface area contributed by atoms with E-state index in [4.69, 9.17) is 9.47 Å². The minimum atomic E-state index is 0.0520. The standard InChI is InChI=1S/C20H27N3O3/c1-3-25-18-4-6-19(7-5-18)26-15-20(24)22-11-8-17(9-12-22)14-23-13-10-21-16(23)2/h4-7,10,13,17H,3,8-9,11-12,14-15H2,1-2H3. The van der Waals surface area contributed by atoms with Crippen LogP contribution in [0, 0.1) is 12.8 Å². The van der Waals surface area contributed by atoms with Gasteiger partial charge >= 0.3 is 0 Å². The van der Waals surface area contributed by atoms with E-state index in [-0.39, 0.29) is 12.5 Å². The van der Waals surface area contributed by atoms with Crippen molar-refractivity contribution in [3.63, 3.8) is 0 Å². The van der Waals surface area contributed by atoms with Crippen LogP contribution < -0.4 is 9.47 Å². The van der Waals surface area contributed by atoms with Gasteiger partial charge in [0.25, 0.3) is 5.91 Å². The quantitative estimate of drug-likeness (QED) is 0.765. The maximum atomic E-state index is 12.4. The van der Waals surface area contributed by atoms with Gasteiger partial charge in [-0.3, -0.25) is 4.79 Å². The van der Waals surface area contributed by atoms with Crippen LogP contribution in [0.4, 0.5) is 0 Å². The Morgan fingerprint density at radius 1 is 1.15 bits per heavy atom. The summed E-state index contributed by atoms with van der Waals surface area (Å²) < 4.78 is 13.2. The van der Waals surface area contributed by atoms with Crippen LogP contribution in [0.15, 0.2) is 36.7 Å². The van der Waals surface area contributed by atoms with Crippen LogP contribution in [-0.4, -0.2) is 46.7 Å². The molecule has 1 fully saturated rings. The Morgan fingerprint density at radius 3 is 2.38 bits per heavy atom. The minimum absolute atomic E-state index is 0.0520. The highest BCUT2D eigenvalue weighted by Gasteiger charge is 2.23. The maximum absolute atomic E-state index is 12.4. The molecule has 1 aromatic carbocycles.